The van der Waals surface area contributed by atoms with Crippen molar-refractivity contribution in [3.63, 3.8) is 0 Å². The van der Waals surface area contributed by atoms with Crippen LogP contribution in [0, 0.1) is 5.92 Å². The number of hydrogen-bond donors (Lipinski definition) is 3. The molecule has 3 atom stereocenters. The van der Waals surface area contributed by atoms with Crippen molar-refractivity contribution in [2.75, 3.05) is 18.5 Å². The normalized spacial score (nSPS) is 26.8. The molecule has 1 saturated carbocycles. The lowest BCUT2D eigenvalue weighted by atomic mass is 9.82. The van der Waals surface area contributed by atoms with E-state index in [0.29, 0.717) is 5.69 Å². The van der Waals surface area contributed by atoms with E-state index in [2.05, 4.69) is 10.6 Å². The zero-order valence-corrected chi connectivity index (χ0v) is 14.7. The van der Waals surface area contributed by atoms with Crippen LogP contribution in [0.5, 0.6) is 0 Å². The van der Waals surface area contributed by atoms with Crippen molar-refractivity contribution in [1.29, 1.82) is 0 Å². The fourth-order valence-electron chi connectivity index (χ4n) is 3.22. The predicted molar refractivity (Wildman–Crippen MR) is 92.6 cm³/mol. The average molecular weight is 376 g/mol. The van der Waals surface area contributed by atoms with Crippen LogP contribution in [-0.2, 0) is 19.6 Å². The molecule has 9 heteroatoms. The third-order valence-electron chi connectivity index (χ3n) is 4.45. The number of rotatable bonds is 3. The molecule has 0 radical (unpaired) electrons. The van der Waals surface area contributed by atoms with Gasteiger partial charge in [-0.25, -0.2) is 13.6 Å². The van der Waals surface area contributed by atoms with E-state index in [1.54, 1.807) is 12.1 Å². The fraction of sp³-hybridized carbons (Fsp3) is 0.533. The maximum Gasteiger partial charge on any atom is 0.238 e. The van der Waals surface area contributed by atoms with Gasteiger partial charge < -0.3 is 15.4 Å². The molecular weight excluding hydrogens is 354 g/mol. The van der Waals surface area contributed by atoms with Crippen molar-refractivity contribution in [2.24, 2.45) is 11.1 Å². The minimum absolute atomic E-state index is 0. The Balaban J connectivity index is 0.00000208. The van der Waals surface area contributed by atoms with E-state index in [4.69, 9.17) is 9.88 Å². The van der Waals surface area contributed by atoms with Crippen LogP contribution in [0.25, 0.3) is 0 Å². The smallest absolute Gasteiger partial charge is 0.238 e. The number of benzene rings is 1. The van der Waals surface area contributed by atoms with Crippen LogP contribution in [0.15, 0.2) is 29.2 Å². The number of fused-ring (bicyclic) bond motifs is 1. The summed E-state index contributed by atoms with van der Waals surface area (Å²) >= 11 is 0. The summed E-state index contributed by atoms with van der Waals surface area (Å²) < 4.78 is 28.1. The minimum Gasteiger partial charge on any atom is -0.375 e. The van der Waals surface area contributed by atoms with Crippen LogP contribution in [0.2, 0.25) is 0 Å². The largest absolute Gasteiger partial charge is 0.375 e. The van der Waals surface area contributed by atoms with Gasteiger partial charge in [-0.2, -0.15) is 0 Å². The van der Waals surface area contributed by atoms with Crippen molar-refractivity contribution in [1.82, 2.24) is 5.32 Å². The second-order valence-corrected chi connectivity index (χ2v) is 7.60. The summed E-state index contributed by atoms with van der Waals surface area (Å²) in [6.45, 7) is 1.55. The molecule has 24 heavy (non-hydrogen) atoms. The number of nitrogens with one attached hydrogen (secondary N) is 2. The number of halogens is 1. The summed E-state index contributed by atoms with van der Waals surface area (Å²) in [7, 11) is -3.72. The standard InChI is InChI=1S/C15H21N3O4S.ClH/c16-23(20,21)12-4-2-11(3-5-12)18-15(19)10-1-6-14-13(9-10)17-7-8-22-14;/h2-5,10,13-14,17H,1,6-9H2,(H,18,19)(H2,16,20,21);1H/t10-,13+,14+;/m0./s1. The third-order valence-corrected chi connectivity index (χ3v) is 5.38. The average Bonchev–Trinajstić information content (AvgIpc) is 2.54. The lowest BCUT2D eigenvalue weighted by Crippen LogP contribution is -2.52. The predicted octanol–water partition coefficient (Wildman–Crippen LogP) is 0.851. The molecule has 1 aliphatic heterocycles. The molecule has 1 aromatic carbocycles. The quantitative estimate of drug-likeness (QED) is 0.725. The summed E-state index contributed by atoms with van der Waals surface area (Å²) in [5.74, 6) is -0.109. The Morgan fingerprint density at radius 2 is 1.96 bits per heavy atom. The Bertz CT molecular complexity index is 680. The monoisotopic (exact) mass is 375 g/mol. The van der Waals surface area contributed by atoms with Crippen molar-refractivity contribution in [3.05, 3.63) is 24.3 Å². The van der Waals surface area contributed by atoms with E-state index in [1.165, 1.54) is 12.1 Å². The summed E-state index contributed by atoms with van der Waals surface area (Å²) in [6, 6.07) is 6.10. The highest BCUT2D eigenvalue weighted by Crippen LogP contribution is 2.29. The number of primary sulfonamides is 1. The highest BCUT2D eigenvalue weighted by Gasteiger charge is 2.35. The number of carbonyl (C=O) groups is 1. The first-order valence-electron chi connectivity index (χ1n) is 7.72. The molecule has 1 saturated heterocycles. The first-order valence-corrected chi connectivity index (χ1v) is 9.27. The topological polar surface area (TPSA) is 111 Å². The highest BCUT2D eigenvalue weighted by molar-refractivity contribution is 7.89. The van der Waals surface area contributed by atoms with Crippen molar-refractivity contribution >= 4 is 34.0 Å². The summed E-state index contributed by atoms with van der Waals surface area (Å²) in [5.41, 5.74) is 0.567. The number of sulfonamides is 1. The minimum atomic E-state index is -3.72. The molecule has 7 nitrogen and oxygen atoms in total. The van der Waals surface area contributed by atoms with Gasteiger partial charge in [0, 0.05) is 24.2 Å². The molecule has 0 unspecified atom stereocenters. The highest BCUT2D eigenvalue weighted by atomic mass is 35.5. The van der Waals surface area contributed by atoms with Crippen molar-refractivity contribution in [3.8, 4) is 0 Å². The second kappa shape index (κ2) is 7.79. The van der Waals surface area contributed by atoms with Crippen molar-refractivity contribution in [2.45, 2.75) is 36.3 Å². The molecule has 2 aliphatic rings. The first kappa shape index (κ1) is 19.1. The number of nitrogens with two attached hydrogens (primary N) is 1. The van der Waals surface area contributed by atoms with Gasteiger partial charge in [0.25, 0.3) is 0 Å². The summed E-state index contributed by atoms with van der Waals surface area (Å²) in [6.07, 6.45) is 2.64. The first-order chi connectivity index (χ1) is 10.9. The van der Waals surface area contributed by atoms with Gasteiger partial charge in [-0.05, 0) is 43.5 Å². The summed E-state index contributed by atoms with van der Waals surface area (Å²) in [5, 5.41) is 11.3. The zero-order chi connectivity index (χ0) is 16.4. The van der Waals surface area contributed by atoms with Crippen LogP contribution in [0.1, 0.15) is 19.3 Å². The van der Waals surface area contributed by atoms with Gasteiger partial charge >= 0.3 is 0 Å². The Morgan fingerprint density at radius 3 is 2.62 bits per heavy atom. The van der Waals surface area contributed by atoms with E-state index in [9.17, 15) is 13.2 Å². The van der Waals surface area contributed by atoms with E-state index in [0.717, 1.165) is 32.4 Å². The second-order valence-electron chi connectivity index (χ2n) is 6.04. The Hall–Kier alpha value is -1.19. The van der Waals surface area contributed by atoms with Gasteiger partial charge in [-0.1, -0.05) is 0 Å². The van der Waals surface area contributed by atoms with Crippen LogP contribution < -0.4 is 15.8 Å². The molecule has 3 rings (SSSR count). The van der Waals surface area contributed by atoms with Crippen molar-refractivity contribution < 1.29 is 17.9 Å². The molecule has 0 aromatic heterocycles. The van der Waals surface area contributed by atoms with Gasteiger partial charge in [0.15, 0.2) is 0 Å². The lowest BCUT2D eigenvalue weighted by Gasteiger charge is -2.39. The molecule has 4 N–H and O–H groups in total. The van der Waals surface area contributed by atoms with Gasteiger partial charge in [0.2, 0.25) is 15.9 Å². The SMILES string of the molecule is Cl.NS(=O)(=O)c1ccc(NC(=O)[C@H]2CC[C@H]3OCCN[C@@H]3C2)cc1. The number of morpholine rings is 1. The lowest BCUT2D eigenvalue weighted by molar-refractivity contribution is -0.123. The number of carbonyl (C=O) groups excluding carboxylic acids is 1. The molecule has 1 amide bonds. The Morgan fingerprint density at radius 1 is 1.25 bits per heavy atom. The molecule has 2 fully saturated rings. The number of hydrogen-bond acceptors (Lipinski definition) is 5. The number of ether oxygens (including phenoxy) is 1. The van der Waals surface area contributed by atoms with Crippen LogP contribution >= 0.6 is 12.4 Å². The molecule has 0 spiro atoms. The number of amides is 1. The molecule has 1 aromatic rings. The maximum atomic E-state index is 12.4. The van der Waals surface area contributed by atoms with Gasteiger partial charge in [0.1, 0.15) is 0 Å². The Kier molecular flexibility index (Phi) is 6.22. The third kappa shape index (κ3) is 4.46. The Labute approximate surface area is 147 Å². The fourth-order valence-corrected chi connectivity index (χ4v) is 3.74. The summed E-state index contributed by atoms with van der Waals surface area (Å²) in [4.78, 5) is 12.4. The molecule has 1 heterocycles. The number of anilines is 1. The van der Waals surface area contributed by atoms with Crippen LogP contribution in [0.4, 0.5) is 5.69 Å². The maximum absolute atomic E-state index is 12.4. The zero-order valence-electron chi connectivity index (χ0n) is 13.1. The van der Waals surface area contributed by atoms with Gasteiger partial charge in [0.05, 0.1) is 17.6 Å². The van der Waals surface area contributed by atoms with E-state index in [1.807, 2.05) is 0 Å². The van der Waals surface area contributed by atoms with E-state index in [-0.39, 0.29) is 41.3 Å². The van der Waals surface area contributed by atoms with E-state index < -0.39 is 10.0 Å². The molecule has 0 bridgehead atoms. The van der Waals surface area contributed by atoms with Crippen LogP contribution in [-0.4, -0.2) is 39.6 Å². The van der Waals surface area contributed by atoms with Gasteiger partial charge in [-0.15, -0.1) is 12.4 Å². The van der Waals surface area contributed by atoms with E-state index >= 15 is 0 Å². The molecule has 134 valence electrons. The van der Waals surface area contributed by atoms with Crippen LogP contribution in [0.3, 0.4) is 0 Å². The molecular formula is C15H22ClN3O4S. The van der Waals surface area contributed by atoms with Gasteiger partial charge in [-0.3, -0.25) is 4.79 Å². The molecule has 1 aliphatic carbocycles.